The van der Waals surface area contributed by atoms with Gasteiger partial charge in [0.05, 0.1) is 13.3 Å². The van der Waals surface area contributed by atoms with E-state index < -0.39 is 0 Å². The Labute approximate surface area is 153 Å². The summed E-state index contributed by atoms with van der Waals surface area (Å²) in [5.74, 6) is 2.08. The molecule has 1 aromatic heterocycles. The van der Waals surface area contributed by atoms with Crippen molar-refractivity contribution in [3.8, 4) is 5.75 Å². The van der Waals surface area contributed by atoms with Crippen molar-refractivity contribution in [2.24, 2.45) is 0 Å². The van der Waals surface area contributed by atoms with Crippen molar-refractivity contribution < 1.29 is 4.74 Å². The van der Waals surface area contributed by atoms with Crippen LogP contribution in [0.2, 0.25) is 0 Å². The average Bonchev–Trinajstić information content (AvgIpc) is 2.71. The summed E-state index contributed by atoms with van der Waals surface area (Å²) >= 11 is 0. The van der Waals surface area contributed by atoms with Crippen molar-refractivity contribution in [1.29, 1.82) is 0 Å². The smallest absolute Gasteiger partial charge is 0.244 e. The third-order valence-electron chi connectivity index (χ3n) is 3.96. The lowest BCUT2D eigenvalue weighted by Crippen LogP contribution is -2.09. The Morgan fingerprint density at radius 1 is 0.923 bits per heavy atom. The van der Waals surface area contributed by atoms with Crippen LogP contribution in [0, 0.1) is 0 Å². The molecule has 0 unspecified atom stereocenters. The quantitative estimate of drug-likeness (QED) is 0.576. The summed E-state index contributed by atoms with van der Waals surface area (Å²) in [6.07, 6.45) is 3.71. The van der Waals surface area contributed by atoms with E-state index in [0.717, 1.165) is 36.5 Å². The molecule has 0 aliphatic rings. The molecule has 6 heteroatoms. The van der Waals surface area contributed by atoms with Gasteiger partial charge >= 0.3 is 0 Å². The molecule has 26 heavy (non-hydrogen) atoms. The maximum absolute atomic E-state index is 5.16. The third-order valence-corrected chi connectivity index (χ3v) is 3.96. The van der Waals surface area contributed by atoms with Gasteiger partial charge in [-0.15, -0.1) is 5.10 Å². The van der Waals surface area contributed by atoms with Crippen molar-refractivity contribution in [3.63, 3.8) is 0 Å². The molecule has 2 N–H and O–H groups in total. The monoisotopic (exact) mass is 349 g/mol. The minimum atomic E-state index is 0.508. The first-order chi connectivity index (χ1) is 12.8. The van der Waals surface area contributed by atoms with Crippen LogP contribution in [0.15, 0.2) is 60.8 Å². The minimum absolute atomic E-state index is 0.508. The summed E-state index contributed by atoms with van der Waals surface area (Å²) in [6.45, 7) is 1.47. The fourth-order valence-corrected chi connectivity index (χ4v) is 2.54. The molecule has 0 saturated carbocycles. The van der Waals surface area contributed by atoms with E-state index in [2.05, 4.69) is 50.1 Å². The van der Waals surface area contributed by atoms with Crippen molar-refractivity contribution in [3.05, 3.63) is 71.9 Å². The Morgan fingerprint density at radius 3 is 2.50 bits per heavy atom. The molecule has 0 radical (unpaired) electrons. The van der Waals surface area contributed by atoms with Crippen LogP contribution in [0.4, 0.5) is 11.8 Å². The molecule has 134 valence electrons. The van der Waals surface area contributed by atoms with Gasteiger partial charge in [0.2, 0.25) is 5.95 Å². The highest BCUT2D eigenvalue weighted by Crippen LogP contribution is 2.12. The highest BCUT2D eigenvalue weighted by Gasteiger charge is 2.01. The standard InChI is InChI=1S/C20H23N5O/c1-26-18-11-9-17(10-12-18)14-22-20-24-19(15-23-25-20)21-13-5-8-16-6-3-2-4-7-16/h2-4,6-7,9-12,15H,5,8,13-14H2,1H3,(H2,21,22,24,25). The normalized spacial score (nSPS) is 10.3. The fraction of sp³-hybridized carbons (Fsp3) is 0.250. The Morgan fingerprint density at radius 2 is 1.73 bits per heavy atom. The zero-order valence-corrected chi connectivity index (χ0v) is 14.9. The van der Waals surface area contributed by atoms with E-state index in [-0.39, 0.29) is 0 Å². The Kier molecular flexibility index (Phi) is 6.36. The van der Waals surface area contributed by atoms with E-state index in [1.165, 1.54) is 5.56 Å². The van der Waals surface area contributed by atoms with Crippen LogP contribution in [-0.2, 0) is 13.0 Å². The number of hydrogen-bond donors (Lipinski definition) is 2. The Hall–Kier alpha value is -3.15. The van der Waals surface area contributed by atoms with Gasteiger partial charge in [-0.05, 0) is 36.1 Å². The van der Waals surface area contributed by atoms with Crippen LogP contribution in [-0.4, -0.2) is 28.8 Å². The molecule has 0 fully saturated rings. The summed E-state index contributed by atoms with van der Waals surface area (Å²) in [6, 6.07) is 18.3. The van der Waals surface area contributed by atoms with Gasteiger partial charge in [-0.3, -0.25) is 0 Å². The van der Waals surface area contributed by atoms with Crippen molar-refractivity contribution in [2.45, 2.75) is 19.4 Å². The van der Waals surface area contributed by atoms with E-state index >= 15 is 0 Å². The lowest BCUT2D eigenvalue weighted by molar-refractivity contribution is 0.414. The zero-order valence-electron chi connectivity index (χ0n) is 14.9. The number of benzene rings is 2. The van der Waals surface area contributed by atoms with Crippen LogP contribution >= 0.6 is 0 Å². The summed E-state index contributed by atoms with van der Waals surface area (Å²) in [5.41, 5.74) is 2.47. The molecule has 3 rings (SSSR count). The summed E-state index contributed by atoms with van der Waals surface area (Å²) in [5, 5.41) is 14.5. The number of aromatic nitrogens is 3. The van der Waals surface area contributed by atoms with E-state index in [1.54, 1.807) is 13.3 Å². The second kappa shape index (κ2) is 9.36. The molecule has 3 aromatic rings. The van der Waals surface area contributed by atoms with Crippen molar-refractivity contribution in [2.75, 3.05) is 24.3 Å². The van der Waals surface area contributed by atoms with Crippen LogP contribution in [0.25, 0.3) is 0 Å². The Balaban J connectivity index is 1.45. The number of ether oxygens (including phenoxy) is 1. The van der Waals surface area contributed by atoms with Gasteiger partial charge in [0, 0.05) is 13.1 Å². The molecule has 1 heterocycles. The molecule has 0 bridgehead atoms. The van der Waals surface area contributed by atoms with Gasteiger partial charge in [-0.1, -0.05) is 42.5 Å². The first kappa shape index (κ1) is 17.7. The highest BCUT2D eigenvalue weighted by molar-refractivity contribution is 5.38. The van der Waals surface area contributed by atoms with Gasteiger partial charge in [0.15, 0.2) is 0 Å². The number of rotatable bonds is 9. The molecule has 0 aliphatic heterocycles. The molecule has 0 amide bonds. The molecule has 0 spiro atoms. The van der Waals surface area contributed by atoms with Gasteiger partial charge in [-0.25, -0.2) is 0 Å². The summed E-state index contributed by atoms with van der Waals surface area (Å²) in [7, 11) is 1.66. The molecular weight excluding hydrogens is 326 g/mol. The van der Waals surface area contributed by atoms with Crippen molar-refractivity contribution in [1.82, 2.24) is 15.2 Å². The Bertz CT molecular complexity index is 793. The number of methoxy groups -OCH3 is 1. The molecule has 0 aliphatic carbocycles. The number of anilines is 2. The van der Waals surface area contributed by atoms with Crippen LogP contribution in [0.5, 0.6) is 5.75 Å². The van der Waals surface area contributed by atoms with Gasteiger partial charge in [0.25, 0.3) is 0 Å². The number of nitrogens with one attached hydrogen (secondary N) is 2. The predicted molar refractivity (Wildman–Crippen MR) is 103 cm³/mol. The zero-order chi connectivity index (χ0) is 18.0. The molecule has 2 aromatic carbocycles. The maximum atomic E-state index is 5.16. The number of hydrogen-bond acceptors (Lipinski definition) is 6. The van der Waals surface area contributed by atoms with E-state index in [9.17, 15) is 0 Å². The molecular formula is C20H23N5O. The summed E-state index contributed by atoms with van der Waals surface area (Å²) < 4.78 is 5.16. The average molecular weight is 349 g/mol. The van der Waals surface area contributed by atoms with Crippen molar-refractivity contribution >= 4 is 11.8 Å². The lowest BCUT2D eigenvalue weighted by atomic mass is 10.1. The molecule has 6 nitrogen and oxygen atoms in total. The second-order valence-electron chi connectivity index (χ2n) is 5.88. The largest absolute Gasteiger partial charge is 0.497 e. The SMILES string of the molecule is COc1ccc(CNc2nncc(NCCCc3ccccc3)n2)cc1. The maximum Gasteiger partial charge on any atom is 0.244 e. The van der Waals surface area contributed by atoms with E-state index in [4.69, 9.17) is 4.74 Å². The van der Waals surface area contributed by atoms with Gasteiger partial charge < -0.3 is 15.4 Å². The van der Waals surface area contributed by atoms with Gasteiger partial charge in [0.1, 0.15) is 11.6 Å². The molecule has 0 saturated heterocycles. The van der Waals surface area contributed by atoms with Crippen LogP contribution < -0.4 is 15.4 Å². The molecule has 0 atom stereocenters. The number of aryl methyl sites for hydroxylation is 1. The lowest BCUT2D eigenvalue weighted by Gasteiger charge is -2.08. The third kappa shape index (κ3) is 5.44. The topological polar surface area (TPSA) is 72.0 Å². The minimum Gasteiger partial charge on any atom is -0.497 e. The number of nitrogens with zero attached hydrogens (tertiary/aromatic N) is 3. The van der Waals surface area contributed by atoms with Crippen LogP contribution in [0.1, 0.15) is 17.5 Å². The van der Waals surface area contributed by atoms with Gasteiger partial charge in [-0.2, -0.15) is 10.1 Å². The second-order valence-corrected chi connectivity index (χ2v) is 5.88. The predicted octanol–water partition coefficient (Wildman–Crippen LogP) is 3.54. The summed E-state index contributed by atoms with van der Waals surface area (Å²) in [4.78, 5) is 4.45. The van der Waals surface area contributed by atoms with Crippen LogP contribution in [0.3, 0.4) is 0 Å². The first-order valence-electron chi connectivity index (χ1n) is 8.68. The van der Waals surface area contributed by atoms with E-state index in [0.29, 0.717) is 12.5 Å². The highest BCUT2D eigenvalue weighted by atomic mass is 16.5. The van der Waals surface area contributed by atoms with E-state index in [1.807, 2.05) is 30.3 Å². The fourth-order valence-electron chi connectivity index (χ4n) is 2.54. The first-order valence-corrected chi connectivity index (χ1v) is 8.68.